The quantitative estimate of drug-likeness (QED) is 0.891. The second-order valence-electron chi connectivity index (χ2n) is 3.89. The van der Waals surface area contributed by atoms with E-state index in [0.717, 1.165) is 0 Å². The Hall–Kier alpha value is -0.340. The lowest BCUT2D eigenvalue weighted by atomic mass is 10.2. The number of benzene rings is 1. The molecule has 1 aromatic carbocycles. The minimum Gasteiger partial charge on any atom is -0.494 e. The van der Waals surface area contributed by atoms with Crippen LogP contribution in [0.5, 0.6) is 5.75 Å². The van der Waals surface area contributed by atoms with Crippen molar-refractivity contribution in [1.82, 2.24) is 4.31 Å². The molecule has 0 amide bonds. The lowest BCUT2D eigenvalue weighted by Gasteiger charge is -2.34. The summed E-state index contributed by atoms with van der Waals surface area (Å²) in [5, 5.41) is 9.49. The van der Waals surface area contributed by atoms with E-state index in [1.165, 1.54) is 17.5 Å². The molecular weight excluding hydrogens is 346 g/mol. The topological polar surface area (TPSA) is 66.8 Å². The van der Waals surface area contributed by atoms with Crippen LogP contribution in [0.3, 0.4) is 0 Å². The zero-order chi connectivity index (χ0) is 13.5. The summed E-state index contributed by atoms with van der Waals surface area (Å²) in [6.45, 7) is 0.186. The van der Waals surface area contributed by atoms with Crippen LogP contribution in [-0.4, -0.2) is 44.1 Å². The second-order valence-corrected chi connectivity index (χ2v) is 7.09. The second kappa shape index (κ2) is 4.97. The molecular formula is C10H11BrClNO4S. The SMILES string of the molecule is COc1c(Br)cc(Cl)cc1S(=O)(=O)N1CC(O)C1. The fourth-order valence-electron chi connectivity index (χ4n) is 1.68. The highest BCUT2D eigenvalue weighted by molar-refractivity contribution is 9.10. The van der Waals surface area contributed by atoms with Gasteiger partial charge in [-0.2, -0.15) is 4.31 Å². The molecule has 1 saturated heterocycles. The summed E-state index contributed by atoms with van der Waals surface area (Å²) < 4.78 is 31.3. The van der Waals surface area contributed by atoms with Gasteiger partial charge in [0.05, 0.1) is 17.7 Å². The molecule has 0 saturated carbocycles. The van der Waals surface area contributed by atoms with Crippen molar-refractivity contribution in [3.63, 3.8) is 0 Å². The molecule has 1 fully saturated rings. The van der Waals surface area contributed by atoms with Gasteiger partial charge in [-0.1, -0.05) is 11.6 Å². The molecule has 0 atom stereocenters. The summed E-state index contributed by atoms with van der Waals surface area (Å²) in [6, 6.07) is 2.90. The molecule has 8 heteroatoms. The number of ether oxygens (including phenoxy) is 1. The van der Waals surface area contributed by atoms with Crippen LogP contribution < -0.4 is 4.74 Å². The normalized spacial score (nSPS) is 17.6. The molecule has 0 radical (unpaired) electrons. The van der Waals surface area contributed by atoms with E-state index in [4.69, 9.17) is 16.3 Å². The summed E-state index contributed by atoms with van der Waals surface area (Å²) in [5.41, 5.74) is 0. The maximum absolute atomic E-state index is 12.3. The highest BCUT2D eigenvalue weighted by atomic mass is 79.9. The number of halogens is 2. The van der Waals surface area contributed by atoms with E-state index in [2.05, 4.69) is 15.9 Å². The molecule has 0 aromatic heterocycles. The third-order valence-corrected chi connectivity index (χ3v) is 5.27. The Morgan fingerprint density at radius 2 is 2.11 bits per heavy atom. The first kappa shape index (κ1) is 14.1. The van der Waals surface area contributed by atoms with E-state index >= 15 is 0 Å². The number of hydrogen-bond acceptors (Lipinski definition) is 4. The van der Waals surface area contributed by atoms with Crippen molar-refractivity contribution in [2.75, 3.05) is 20.2 Å². The lowest BCUT2D eigenvalue weighted by Crippen LogP contribution is -2.53. The van der Waals surface area contributed by atoms with E-state index in [9.17, 15) is 13.5 Å². The summed E-state index contributed by atoms with van der Waals surface area (Å²) in [4.78, 5) is -0.00345. The zero-order valence-corrected chi connectivity index (χ0v) is 12.6. The van der Waals surface area contributed by atoms with Crippen LogP contribution in [0.15, 0.2) is 21.5 Å². The largest absolute Gasteiger partial charge is 0.494 e. The number of sulfonamides is 1. The number of methoxy groups -OCH3 is 1. The number of β-amino-alcohol motifs (C(OH)–C–C–N with tert-alkyl or cyclic N) is 1. The number of nitrogens with zero attached hydrogens (tertiary/aromatic N) is 1. The van der Waals surface area contributed by atoms with E-state index in [1.54, 1.807) is 6.07 Å². The average molecular weight is 357 g/mol. The van der Waals surface area contributed by atoms with E-state index < -0.39 is 16.1 Å². The third-order valence-electron chi connectivity index (χ3n) is 2.63. The first-order chi connectivity index (χ1) is 8.36. The Balaban J connectivity index is 2.50. The minimum absolute atomic E-state index is 0.00345. The zero-order valence-electron chi connectivity index (χ0n) is 9.43. The van der Waals surface area contributed by atoms with Crippen molar-refractivity contribution in [3.05, 3.63) is 21.6 Å². The summed E-state index contributed by atoms with van der Waals surface area (Å²) in [5.74, 6) is 0.209. The van der Waals surface area contributed by atoms with Gasteiger partial charge in [0, 0.05) is 18.1 Å². The van der Waals surface area contributed by atoms with Gasteiger partial charge in [-0.05, 0) is 28.1 Å². The van der Waals surface area contributed by atoms with Gasteiger partial charge in [-0.15, -0.1) is 0 Å². The molecule has 100 valence electrons. The van der Waals surface area contributed by atoms with Crippen molar-refractivity contribution in [2.45, 2.75) is 11.0 Å². The van der Waals surface area contributed by atoms with Gasteiger partial charge in [0.15, 0.2) is 5.75 Å². The molecule has 2 rings (SSSR count). The summed E-state index contributed by atoms with van der Waals surface area (Å²) in [6.07, 6.45) is -0.603. The lowest BCUT2D eigenvalue weighted by molar-refractivity contribution is 0.0547. The Kier molecular flexibility index (Phi) is 3.89. The molecule has 1 aliphatic rings. The van der Waals surface area contributed by atoms with Crippen LogP contribution in [0, 0.1) is 0 Å². The van der Waals surface area contributed by atoms with Gasteiger partial charge < -0.3 is 9.84 Å². The average Bonchev–Trinajstić information content (AvgIpc) is 2.23. The third kappa shape index (κ3) is 2.37. The van der Waals surface area contributed by atoms with Gasteiger partial charge in [0.2, 0.25) is 10.0 Å². The predicted molar refractivity (Wildman–Crippen MR) is 70.5 cm³/mol. The predicted octanol–water partition coefficient (Wildman–Crippen LogP) is 1.48. The molecule has 18 heavy (non-hydrogen) atoms. The monoisotopic (exact) mass is 355 g/mol. The number of aliphatic hydroxyl groups is 1. The molecule has 0 unspecified atom stereocenters. The Morgan fingerprint density at radius 1 is 1.50 bits per heavy atom. The standard InChI is InChI=1S/C10H11BrClNO4S/c1-17-10-8(11)2-6(12)3-9(10)18(15,16)13-4-7(14)5-13/h2-3,7,14H,4-5H2,1H3. The minimum atomic E-state index is -3.69. The molecule has 0 aliphatic carbocycles. The summed E-state index contributed by atoms with van der Waals surface area (Å²) in [7, 11) is -2.30. The van der Waals surface area contributed by atoms with E-state index in [0.29, 0.717) is 9.50 Å². The van der Waals surface area contributed by atoms with Crippen molar-refractivity contribution in [3.8, 4) is 5.75 Å². The van der Waals surface area contributed by atoms with Crippen molar-refractivity contribution < 1.29 is 18.3 Å². The fourth-order valence-corrected chi connectivity index (χ4v) is 4.56. The molecule has 1 aliphatic heterocycles. The maximum atomic E-state index is 12.3. The highest BCUT2D eigenvalue weighted by Crippen LogP contribution is 2.37. The van der Waals surface area contributed by atoms with Gasteiger partial charge in [0.25, 0.3) is 0 Å². The van der Waals surface area contributed by atoms with Crippen molar-refractivity contribution >= 4 is 37.6 Å². The molecule has 1 N–H and O–H groups in total. The van der Waals surface area contributed by atoms with E-state index in [1.807, 2.05) is 0 Å². The van der Waals surface area contributed by atoms with E-state index in [-0.39, 0.29) is 23.7 Å². The van der Waals surface area contributed by atoms with Crippen LogP contribution in [0.4, 0.5) is 0 Å². The van der Waals surface area contributed by atoms with Crippen LogP contribution >= 0.6 is 27.5 Å². The van der Waals surface area contributed by atoms with Gasteiger partial charge >= 0.3 is 0 Å². The van der Waals surface area contributed by atoms with Gasteiger partial charge in [0.1, 0.15) is 4.90 Å². The molecule has 1 heterocycles. The Morgan fingerprint density at radius 3 is 2.61 bits per heavy atom. The van der Waals surface area contributed by atoms with Crippen molar-refractivity contribution in [2.24, 2.45) is 0 Å². The number of hydrogen-bond donors (Lipinski definition) is 1. The smallest absolute Gasteiger partial charge is 0.247 e. The molecule has 5 nitrogen and oxygen atoms in total. The molecule has 0 spiro atoms. The van der Waals surface area contributed by atoms with Crippen LogP contribution in [-0.2, 0) is 10.0 Å². The van der Waals surface area contributed by atoms with Crippen LogP contribution in [0.1, 0.15) is 0 Å². The Bertz CT molecular complexity index is 571. The van der Waals surface area contributed by atoms with Crippen LogP contribution in [0.2, 0.25) is 5.02 Å². The van der Waals surface area contributed by atoms with Gasteiger partial charge in [-0.3, -0.25) is 0 Å². The van der Waals surface area contributed by atoms with Gasteiger partial charge in [-0.25, -0.2) is 8.42 Å². The number of rotatable bonds is 3. The summed E-state index contributed by atoms with van der Waals surface area (Å²) >= 11 is 9.07. The first-order valence-electron chi connectivity index (χ1n) is 5.07. The maximum Gasteiger partial charge on any atom is 0.247 e. The fraction of sp³-hybridized carbons (Fsp3) is 0.400. The first-order valence-corrected chi connectivity index (χ1v) is 7.68. The molecule has 0 bridgehead atoms. The Labute approximate surface area is 118 Å². The molecule has 1 aromatic rings. The number of aliphatic hydroxyl groups excluding tert-OH is 1. The van der Waals surface area contributed by atoms with Crippen molar-refractivity contribution in [1.29, 1.82) is 0 Å². The highest BCUT2D eigenvalue weighted by Gasteiger charge is 2.37. The van der Waals surface area contributed by atoms with Crippen LogP contribution in [0.25, 0.3) is 0 Å².